The number of piperazine rings is 1. The molecule has 1 heterocycles. The van der Waals surface area contributed by atoms with Crippen LogP contribution in [0.4, 0.5) is 0 Å². The van der Waals surface area contributed by atoms with Crippen LogP contribution in [-0.4, -0.2) is 61.0 Å². The number of hydrogen-bond donors (Lipinski definition) is 0. The average molecular weight is 411 g/mol. The summed E-state index contributed by atoms with van der Waals surface area (Å²) in [5.41, 5.74) is 1.27. The molecule has 1 saturated heterocycles. The second-order valence-corrected chi connectivity index (χ2v) is 7.36. The van der Waals surface area contributed by atoms with Crippen LogP contribution in [0.15, 0.2) is 54.6 Å². The van der Waals surface area contributed by atoms with Crippen molar-refractivity contribution in [2.24, 2.45) is 0 Å². The lowest BCUT2D eigenvalue weighted by Crippen LogP contribution is -2.51. The number of ether oxygens (including phenoxy) is 2. The molecule has 2 amide bonds. The van der Waals surface area contributed by atoms with E-state index in [2.05, 4.69) is 6.92 Å². The Morgan fingerprint density at radius 1 is 0.800 bits per heavy atom. The third kappa shape index (κ3) is 6.51. The van der Waals surface area contributed by atoms with Crippen molar-refractivity contribution in [1.82, 2.24) is 9.80 Å². The molecule has 2 aromatic rings. The Hall–Kier alpha value is -3.02. The molecule has 0 aromatic heterocycles. The van der Waals surface area contributed by atoms with Gasteiger partial charge in [0.1, 0.15) is 11.5 Å². The van der Waals surface area contributed by atoms with Crippen LogP contribution in [0, 0.1) is 0 Å². The van der Waals surface area contributed by atoms with Crippen molar-refractivity contribution in [2.75, 3.05) is 39.4 Å². The molecule has 30 heavy (non-hydrogen) atoms. The first-order valence-corrected chi connectivity index (χ1v) is 10.6. The maximum absolute atomic E-state index is 12.4. The number of carbonyl (C=O) groups excluding carboxylic acids is 2. The molecule has 2 aromatic carbocycles. The minimum Gasteiger partial charge on any atom is -0.493 e. The van der Waals surface area contributed by atoms with Crippen LogP contribution < -0.4 is 9.47 Å². The fourth-order valence-corrected chi connectivity index (χ4v) is 3.41. The topological polar surface area (TPSA) is 59.1 Å². The molecule has 0 radical (unpaired) electrons. The maximum Gasteiger partial charge on any atom is 0.260 e. The predicted octanol–water partition coefficient (Wildman–Crippen LogP) is 3.16. The monoisotopic (exact) mass is 410 g/mol. The molecule has 0 atom stereocenters. The van der Waals surface area contributed by atoms with Gasteiger partial charge in [0.15, 0.2) is 6.61 Å². The second-order valence-electron chi connectivity index (χ2n) is 7.36. The molecule has 0 bridgehead atoms. The van der Waals surface area contributed by atoms with E-state index in [1.54, 1.807) is 9.80 Å². The van der Waals surface area contributed by atoms with Crippen LogP contribution in [-0.2, 0) is 16.0 Å². The first-order chi connectivity index (χ1) is 14.7. The van der Waals surface area contributed by atoms with Gasteiger partial charge in [0.25, 0.3) is 5.91 Å². The van der Waals surface area contributed by atoms with Gasteiger partial charge >= 0.3 is 0 Å². The Balaban J connectivity index is 1.34. The highest BCUT2D eigenvalue weighted by Gasteiger charge is 2.24. The van der Waals surface area contributed by atoms with Gasteiger partial charge in [-0.3, -0.25) is 9.59 Å². The van der Waals surface area contributed by atoms with Crippen molar-refractivity contribution < 1.29 is 19.1 Å². The van der Waals surface area contributed by atoms with Gasteiger partial charge in [0.2, 0.25) is 5.91 Å². The summed E-state index contributed by atoms with van der Waals surface area (Å²) >= 11 is 0. The molecule has 160 valence electrons. The van der Waals surface area contributed by atoms with Gasteiger partial charge in [-0.1, -0.05) is 43.7 Å². The maximum atomic E-state index is 12.4. The highest BCUT2D eigenvalue weighted by molar-refractivity contribution is 5.79. The molecule has 1 fully saturated rings. The molecule has 0 unspecified atom stereocenters. The lowest BCUT2D eigenvalue weighted by atomic mass is 10.1. The number of rotatable bonds is 9. The van der Waals surface area contributed by atoms with E-state index in [1.165, 1.54) is 5.56 Å². The molecular weight excluding hydrogens is 380 g/mol. The lowest BCUT2D eigenvalue weighted by Gasteiger charge is -2.34. The molecular formula is C24H30N2O4. The molecule has 6 heteroatoms. The standard InChI is InChI=1S/C24H30N2O4/c1-2-6-20-9-11-22(12-10-20)30-19-24(28)26-16-14-25(15-17-26)23(27)13-18-29-21-7-4-3-5-8-21/h3-5,7-12H,2,6,13-19H2,1H3. The van der Waals surface area contributed by atoms with Crippen molar-refractivity contribution in [3.05, 3.63) is 60.2 Å². The summed E-state index contributed by atoms with van der Waals surface area (Å²) in [7, 11) is 0. The highest BCUT2D eigenvalue weighted by Crippen LogP contribution is 2.14. The van der Waals surface area contributed by atoms with Gasteiger partial charge < -0.3 is 19.3 Å². The normalized spacial score (nSPS) is 13.8. The van der Waals surface area contributed by atoms with E-state index >= 15 is 0 Å². The van der Waals surface area contributed by atoms with Crippen LogP contribution in [0.5, 0.6) is 11.5 Å². The summed E-state index contributed by atoms with van der Waals surface area (Å²) in [5, 5.41) is 0. The van der Waals surface area contributed by atoms with E-state index < -0.39 is 0 Å². The van der Waals surface area contributed by atoms with E-state index in [0.29, 0.717) is 45.0 Å². The third-order valence-corrected chi connectivity index (χ3v) is 5.14. The number of nitrogens with zero attached hydrogens (tertiary/aromatic N) is 2. The Kier molecular flexibility index (Phi) is 8.12. The summed E-state index contributed by atoms with van der Waals surface area (Å²) in [6.45, 7) is 4.67. The van der Waals surface area contributed by atoms with Crippen LogP contribution in [0.25, 0.3) is 0 Å². The molecule has 1 aliphatic rings. The molecule has 3 rings (SSSR count). The molecule has 1 aliphatic heterocycles. The zero-order valence-corrected chi connectivity index (χ0v) is 17.6. The molecule has 0 spiro atoms. The third-order valence-electron chi connectivity index (χ3n) is 5.14. The fourth-order valence-electron chi connectivity index (χ4n) is 3.41. The van der Waals surface area contributed by atoms with Gasteiger partial charge in [-0.2, -0.15) is 0 Å². The summed E-state index contributed by atoms with van der Waals surface area (Å²) in [6.07, 6.45) is 2.48. The average Bonchev–Trinajstić information content (AvgIpc) is 2.79. The molecule has 6 nitrogen and oxygen atoms in total. The Morgan fingerprint density at radius 2 is 1.40 bits per heavy atom. The summed E-state index contributed by atoms with van der Waals surface area (Å²) in [6, 6.07) is 17.4. The summed E-state index contributed by atoms with van der Waals surface area (Å²) in [4.78, 5) is 28.3. The van der Waals surface area contributed by atoms with Crippen LogP contribution in [0.3, 0.4) is 0 Å². The largest absolute Gasteiger partial charge is 0.493 e. The number of amides is 2. The fraction of sp³-hybridized carbons (Fsp3) is 0.417. The zero-order valence-electron chi connectivity index (χ0n) is 17.6. The Morgan fingerprint density at radius 3 is 2.03 bits per heavy atom. The van der Waals surface area contributed by atoms with Crippen molar-refractivity contribution in [3.8, 4) is 11.5 Å². The molecule has 0 aliphatic carbocycles. The van der Waals surface area contributed by atoms with E-state index in [0.717, 1.165) is 18.6 Å². The van der Waals surface area contributed by atoms with Crippen molar-refractivity contribution in [3.63, 3.8) is 0 Å². The van der Waals surface area contributed by atoms with Gasteiger partial charge in [0.05, 0.1) is 13.0 Å². The Labute approximate surface area is 178 Å². The van der Waals surface area contributed by atoms with Crippen molar-refractivity contribution >= 4 is 11.8 Å². The second kappa shape index (κ2) is 11.2. The summed E-state index contributed by atoms with van der Waals surface area (Å²) < 4.78 is 11.2. The molecule has 0 N–H and O–H groups in total. The molecule has 0 saturated carbocycles. The number of hydrogen-bond acceptors (Lipinski definition) is 4. The van der Waals surface area contributed by atoms with Gasteiger partial charge in [-0.25, -0.2) is 0 Å². The smallest absolute Gasteiger partial charge is 0.260 e. The quantitative estimate of drug-likeness (QED) is 0.637. The number of para-hydroxylation sites is 1. The van der Waals surface area contributed by atoms with Gasteiger partial charge in [-0.05, 0) is 36.2 Å². The van der Waals surface area contributed by atoms with E-state index in [-0.39, 0.29) is 18.4 Å². The number of benzene rings is 2. The SMILES string of the molecule is CCCc1ccc(OCC(=O)N2CCN(C(=O)CCOc3ccccc3)CC2)cc1. The zero-order chi connectivity index (χ0) is 21.2. The van der Waals surface area contributed by atoms with Crippen LogP contribution in [0.1, 0.15) is 25.3 Å². The van der Waals surface area contributed by atoms with E-state index in [4.69, 9.17) is 9.47 Å². The van der Waals surface area contributed by atoms with Crippen LogP contribution >= 0.6 is 0 Å². The number of carbonyl (C=O) groups is 2. The van der Waals surface area contributed by atoms with Crippen LogP contribution in [0.2, 0.25) is 0 Å². The first kappa shape index (κ1) is 21.7. The van der Waals surface area contributed by atoms with Gasteiger partial charge in [-0.15, -0.1) is 0 Å². The summed E-state index contributed by atoms with van der Waals surface area (Å²) in [5.74, 6) is 1.48. The minimum absolute atomic E-state index is 0.0198. The van der Waals surface area contributed by atoms with Crippen molar-refractivity contribution in [2.45, 2.75) is 26.2 Å². The lowest BCUT2D eigenvalue weighted by molar-refractivity contribution is -0.141. The van der Waals surface area contributed by atoms with Gasteiger partial charge in [0, 0.05) is 26.2 Å². The first-order valence-electron chi connectivity index (χ1n) is 10.6. The Bertz CT molecular complexity index is 800. The minimum atomic E-state index is -0.0489. The predicted molar refractivity (Wildman–Crippen MR) is 116 cm³/mol. The van der Waals surface area contributed by atoms with E-state index in [9.17, 15) is 9.59 Å². The number of aryl methyl sites for hydroxylation is 1. The van der Waals surface area contributed by atoms with E-state index in [1.807, 2.05) is 54.6 Å². The van der Waals surface area contributed by atoms with Crippen molar-refractivity contribution in [1.29, 1.82) is 0 Å². The highest BCUT2D eigenvalue weighted by atomic mass is 16.5.